The maximum absolute atomic E-state index is 12.0. The molecule has 0 aliphatic rings. The van der Waals surface area contributed by atoms with Gasteiger partial charge in [0, 0.05) is 11.1 Å². The van der Waals surface area contributed by atoms with Gasteiger partial charge in [0.05, 0.1) is 19.2 Å². The molecule has 3 aromatic rings. The number of urea groups is 1. The Morgan fingerprint density at radius 2 is 1.92 bits per heavy atom. The van der Waals surface area contributed by atoms with Gasteiger partial charge in [-0.2, -0.15) is 0 Å². The van der Waals surface area contributed by atoms with Crippen molar-refractivity contribution in [3.05, 3.63) is 59.3 Å². The number of methoxy groups -OCH3 is 1. The molecule has 0 unspecified atom stereocenters. The van der Waals surface area contributed by atoms with Gasteiger partial charge in [0.25, 0.3) is 0 Å². The quantitative estimate of drug-likeness (QED) is 0.712. The molecule has 7 heteroatoms. The van der Waals surface area contributed by atoms with E-state index in [4.69, 9.17) is 4.52 Å². The molecule has 0 radical (unpaired) electrons. The maximum Gasteiger partial charge on any atom is 0.337 e. The molecule has 0 atom stereocenters. The molecule has 0 spiro atoms. The van der Waals surface area contributed by atoms with Gasteiger partial charge >= 0.3 is 12.0 Å². The Kier molecular flexibility index (Phi) is 4.65. The Balaban J connectivity index is 1.60. The maximum atomic E-state index is 12.0. The molecule has 128 valence electrons. The Bertz CT molecular complexity index is 916. The Morgan fingerprint density at radius 1 is 1.16 bits per heavy atom. The van der Waals surface area contributed by atoms with Crippen molar-refractivity contribution in [2.75, 3.05) is 12.4 Å². The molecule has 7 nitrogen and oxygen atoms in total. The highest BCUT2D eigenvalue weighted by Crippen LogP contribution is 2.19. The summed E-state index contributed by atoms with van der Waals surface area (Å²) >= 11 is 0. The number of esters is 1. The first kappa shape index (κ1) is 16.5. The summed E-state index contributed by atoms with van der Waals surface area (Å²) in [6, 6.07) is 11.8. The molecule has 0 saturated heterocycles. The number of hydrogen-bond acceptors (Lipinski definition) is 5. The largest absolute Gasteiger partial charge is 0.465 e. The molecule has 2 amide bonds. The number of nitrogens with zero attached hydrogens (tertiary/aromatic N) is 1. The van der Waals surface area contributed by atoms with Crippen molar-refractivity contribution < 1.29 is 18.8 Å². The molecule has 0 aliphatic carbocycles. The average molecular weight is 339 g/mol. The van der Waals surface area contributed by atoms with Crippen LogP contribution >= 0.6 is 0 Å². The molecule has 1 heterocycles. The first-order valence-electron chi connectivity index (χ1n) is 7.65. The number of amides is 2. The standard InChI is InChI=1S/C18H17N3O4/c1-11-3-8-16-14(9-11)15(21-25-16)10-19-18(23)20-13-6-4-12(5-7-13)17(22)24-2/h3-9H,10H2,1-2H3,(H2,19,20,23). The normalized spacial score (nSPS) is 10.5. The van der Waals surface area contributed by atoms with Crippen molar-refractivity contribution in [1.82, 2.24) is 10.5 Å². The molecule has 0 fully saturated rings. The fourth-order valence-electron chi connectivity index (χ4n) is 2.38. The Morgan fingerprint density at radius 3 is 2.64 bits per heavy atom. The molecular formula is C18H17N3O4. The van der Waals surface area contributed by atoms with Crippen molar-refractivity contribution >= 4 is 28.7 Å². The minimum absolute atomic E-state index is 0.239. The van der Waals surface area contributed by atoms with Crippen molar-refractivity contribution in [1.29, 1.82) is 0 Å². The number of anilines is 1. The molecule has 3 rings (SSSR count). The van der Waals surface area contributed by atoms with E-state index in [0.29, 0.717) is 22.5 Å². The number of aromatic nitrogens is 1. The molecule has 0 bridgehead atoms. The van der Waals surface area contributed by atoms with E-state index < -0.39 is 5.97 Å². The van der Waals surface area contributed by atoms with Crippen molar-refractivity contribution in [2.45, 2.75) is 13.5 Å². The van der Waals surface area contributed by atoms with Crippen LogP contribution in [0.4, 0.5) is 10.5 Å². The molecule has 0 aliphatic heterocycles. The minimum Gasteiger partial charge on any atom is -0.465 e. The second kappa shape index (κ2) is 7.04. The second-order valence-corrected chi connectivity index (χ2v) is 5.51. The Hall–Kier alpha value is -3.35. The minimum atomic E-state index is -0.427. The van der Waals surface area contributed by atoms with Gasteiger partial charge in [-0.3, -0.25) is 0 Å². The van der Waals surface area contributed by atoms with Gasteiger partial charge in [-0.15, -0.1) is 0 Å². The number of nitrogens with one attached hydrogen (secondary N) is 2. The van der Waals surface area contributed by atoms with E-state index in [1.807, 2.05) is 25.1 Å². The van der Waals surface area contributed by atoms with Crippen LogP contribution in [0, 0.1) is 6.92 Å². The third-order valence-corrected chi connectivity index (χ3v) is 3.68. The first-order chi connectivity index (χ1) is 12.1. The molecule has 2 N–H and O–H groups in total. The van der Waals surface area contributed by atoms with Crippen LogP contribution in [0.5, 0.6) is 0 Å². The van der Waals surface area contributed by atoms with Gasteiger partial charge in [-0.25, -0.2) is 9.59 Å². The zero-order valence-electron chi connectivity index (χ0n) is 13.8. The lowest BCUT2D eigenvalue weighted by Crippen LogP contribution is -2.28. The van der Waals surface area contributed by atoms with Crippen molar-refractivity contribution in [3.63, 3.8) is 0 Å². The fourth-order valence-corrected chi connectivity index (χ4v) is 2.38. The lowest BCUT2D eigenvalue weighted by atomic mass is 10.1. The molecule has 2 aromatic carbocycles. The summed E-state index contributed by atoms with van der Waals surface area (Å²) in [5.41, 5.74) is 3.41. The summed E-state index contributed by atoms with van der Waals surface area (Å²) in [5.74, 6) is -0.427. The highest BCUT2D eigenvalue weighted by atomic mass is 16.5. The molecule has 0 saturated carbocycles. The predicted octanol–water partition coefficient (Wildman–Crippen LogP) is 3.24. The highest BCUT2D eigenvalue weighted by molar-refractivity contribution is 5.92. The van der Waals surface area contributed by atoms with Gasteiger partial charge in [0.1, 0.15) is 5.69 Å². The second-order valence-electron chi connectivity index (χ2n) is 5.51. The summed E-state index contributed by atoms with van der Waals surface area (Å²) < 4.78 is 9.86. The van der Waals surface area contributed by atoms with E-state index in [1.165, 1.54) is 7.11 Å². The van der Waals surface area contributed by atoms with Crippen molar-refractivity contribution in [3.8, 4) is 0 Å². The smallest absolute Gasteiger partial charge is 0.337 e. The van der Waals surface area contributed by atoms with Crippen LogP contribution in [-0.4, -0.2) is 24.3 Å². The van der Waals surface area contributed by atoms with Crippen molar-refractivity contribution in [2.24, 2.45) is 0 Å². The summed E-state index contributed by atoms with van der Waals surface area (Å²) in [7, 11) is 1.32. The SMILES string of the molecule is COC(=O)c1ccc(NC(=O)NCc2noc3ccc(C)cc23)cc1. The zero-order chi connectivity index (χ0) is 17.8. The van der Waals surface area contributed by atoms with Gasteiger partial charge in [0.15, 0.2) is 5.58 Å². The topological polar surface area (TPSA) is 93.5 Å². The van der Waals surface area contributed by atoms with Gasteiger partial charge in [-0.05, 0) is 43.3 Å². The number of fused-ring (bicyclic) bond motifs is 1. The van der Waals surface area contributed by atoms with Gasteiger partial charge in [0.2, 0.25) is 0 Å². The van der Waals surface area contributed by atoms with E-state index in [9.17, 15) is 9.59 Å². The monoisotopic (exact) mass is 339 g/mol. The van der Waals surface area contributed by atoms with Gasteiger partial charge in [-0.1, -0.05) is 16.8 Å². The van der Waals surface area contributed by atoms with E-state index in [-0.39, 0.29) is 12.6 Å². The summed E-state index contributed by atoms with van der Waals surface area (Å²) in [6.45, 7) is 2.22. The lowest BCUT2D eigenvalue weighted by molar-refractivity contribution is 0.0600. The molecular weight excluding hydrogens is 322 g/mol. The van der Waals surface area contributed by atoms with Crippen LogP contribution in [0.3, 0.4) is 0 Å². The number of ether oxygens (including phenoxy) is 1. The van der Waals surface area contributed by atoms with Crippen LogP contribution < -0.4 is 10.6 Å². The number of carbonyl (C=O) groups is 2. The number of rotatable bonds is 4. The number of aryl methyl sites for hydroxylation is 1. The first-order valence-corrected chi connectivity index (χ1v) is 7.65. The summed E-state index contributed by atoms with van der Waals surface area (Å²) in [6.07, 6.45) is 0. The Labute approximate surface area is 143 Å². The van der Waals surface area contributed by atoms with Crippen LogP contribution in [0.1, 0.15) is 21.6 Å². The van der Waals surface area contributed by atoms with Crippen LogP contribution in [0.15, 0.2) is 47.0 Å². The third kappa shape index (κ3) is 3.77. The van der Waals surface area contributed by atoms with Crippen LogP contribution in [0.25, 0.3) is 11.0 Å². The molecule has 25 heavy (non-hydrogen) atoms. The predicted molar refractivity (Wildman–Crippen MR) is 92.4 cm³/mol. The van der Waals surface area contributed by atoms with E-state index in [1.54, 1.807) is 24.3 Å². The molecule has 1 aromatic heterocycles. The highest BCUT2D eigenvalue weighted by Gasteiger charge is 2.10. The number of hydrogen-bond donors (Lipinski definition) is 2. The zero-order valence-corrected chi connectivity index (χ0v) is 13.8. The lowest BCUT2D eigenvalue weighted by Gasteiger charge is -2.07. The summed E-state index contributed by atoms with van der Waals surface area (Å²) in [5, 5.41) is 10.3. The van der Waals surface area contributed by atoms with E-state index in [0.717, 1.165) is 10.9 Å². The number of carbonyl (C=O) groups excluding carboxylic acids is 2. The summed E-state index contributed by atoms with van der Waals surface area (Å²) in [4.78, 5) is 23.4. The fraction of sp³-hybridized carbons (Fsp3) is 0.167. The number of benzene rings is 2. The average Bonchev–Trinajstić information content (AvgIpc) is 3.02. The van der Waals surface area contributed by atoms with Crippen LogP contribution in [0.2, 0.25) is 0 Å². The van der Waals surface area contributed by atoms with Crippen LogP contribution in [-0.2, 0) is 11.3 Å². The van der Waals surface area contributed by atoms with E-state index in [2.05, 4.69) is 20.5 Å². The van der Waals surface area contributed by atoms with E-state index >= 15 is 0 Å². The van der Waals surface area contributed by atoms with Gasteiger partial charge < -0.3 is 19.9 Å². The third-order valence-electron chi connectivity index (χ3n) is 3.68.